The molecule has 0 unspecified atom stereocenters. The lowest BCUT2D eigenvalue weighted by Gasteiger charge is -2.08. The Morgan fingerprint density at radius 3 is 2.54 bits per heavy atom. The Kier molecular flexibility index (Phi) is 5.73. The highest BCUT2D eigenvalue weighted by atomic mass is 79.9. The third-order valence-corrected chi connectivity index (χ3v) is 4.41. The molecule has 1 N–H and O–H groups in total. The molecule has 0 bridgehead atoms. The minimum atomic E-state index is -1.66. The SMILES string of the molecule is Cn1ncc(Br)c1CNC(=O)c1ccc(COc2c(F)c(F)cc(F)c2F)o1. The van der Waals surface area contributed by atoms with Gasteiger partial charge in [-0.25, -0.2) is 8.78 Å². The number of ether oxygens (including phenoxy) is 1. The highest BCUT2D eigenvalue weighted by Gasteiger charge is 2.21. The summed E-state index contributed by atoms with van der Waals surface area (Å²) in [6, 6.07) is 2.74. The topological polar surface area (TPSA) is 69.3 Å². The summed E-state index contributed by atoms with van der Waals surface area (Å²) >= 11 is 3.30. The van der Waals surface area contributed by atoms with Gasteiger partial charge in [-0.2, -0.15) is 13.9 Å². The molecule has 148 valence electrons. The van der Waals surface area contributed by atoms with E-state index in [1.54, 1.807) is 17.9 Å². The van der Waals surface area contributed by atoms with Crippen LogP contribution >= 0.6 is 15.9 Å². The van der Waals surface area contributed by atoms with E-state index in [9.17, 15) is 22.4 Å². The first-order chi connectivity index (χ1) is 13.3. The molecule has 0 spiro atoms. The Hall–Kier alpha value is -2.82. The van der Waals surface area contributed by atoms with Crippen LogP contribution in [0, 0.1) is 23.3 Å². The molecule has 0 aliphatic carbocycles. The van der Waals surface area contributed by atoms with Crippen LogP contribution in [0.5, 0.6) is 5.75 Å². The van der Waals surface area contributed by atoms with Crippen LogP contribution in [0.1, 0.15) is 22.0 Å². The summed E-state index contributed by atoms with van der Waals surface area (Å²) in [6.45, 7) is -0.376. The van der Waals surface area contributed by atoms with Gasteiger partial charge in [0.2, 0.25) is 11.6 Å². The number of carbonyl (C=O) groups is 1. The highest BCUT2D eigenvalue weighted by molar-refractivity contribution is 9.10. The van der Waals surface area contributed by atoms with Gasteiger partial charge in [-0.15, -0.1) is 0 Å². The molecule has 0 aliphatic rings. The number of amides is 1. The summed E-state index contributed by atoms with van der Waals surface area (Å²) in [4.78, 5) is 12.1. The molecule has 2 heterocycles. The molecular weight excluding hydrogens is 450 g/mol. The van der Waals surface area contributed by atoms with Crippen LogP contribution in [0.4, 0.5) is 17.6 Å². The van der Waals surface area contributed by atoms with Gasteiger partial charge >= 0.3 is 0 Å². The fraction of sp³-hybridized carbons (Fsp3) is 0.176. The van der Waals surface area contributed by atoms with E-state index in [0.29, 0.717) is 0 Å². The number of aryl methyl sites for hydroxylation is 1. The minimum Gasteiger partial charge on any atom is -0.479 e. The number of furan rings is 1. The lowest BCUT2D eigenvalue weighted by molar-refractivity contribution is 0.0917. The Morgan fingerprint density at radius 2 is 1.93 bits per heavy atom. The predicted molar refractivity (Wildman–Crippen MR) is 91.4 cm³/mol. The van der Waals surface area contributed by atoms with Gasteiger partial charge in [0.25, 0.3) is 5.91 Å². The number of halogens is 5. The molecule has 0 aliphatic heterocycles. The van der Waals surface area contributed by atoms with Gasteiger partial charge < -0.3 is 14.5 Å². The lowest BCUT2D eigenvalue weighted by Crippen LogP contribution is -2.23. The van der Waals surface area contributed by atoms with E-state index < -0.39 is 41.5 Å². The van der Waals surface area contributed by atoms with E-state index >= 15 is 0 Å². The largest absolute Gasteiger partial charge is 0.479 e. The molecule has 11 heteroatoms. The molecule has 1 amide bonds. The van der Waals surface area contributed by atoms with Crippen molar-refractivity contribution in [2.45, 2.75) is 13.2 Å². The second-order valence-electron chi connectivity index (χ2n) is 5.60. The Balaban J connectivity index is 1.64. The Labute approximate surface area is 164 Å². The molecule has 2 aromatic heterocycles. The van der Waals surface area contributed by atoms with Crippen molar-refractivity contribution in [3.05, 3.63) is 69.4 Å². The number of hydrogen-bond donors (Lipinski definition) is 1. The smallest absolute Gasteiger partial charge is 0.287 e. The van der Waals surface area contributed by atoms with Gasteiger partial charge in [-0.1, -0.05) is 0 Å². The predicted octanol–water partition coefficient (Wildman–Crippen LogP) is 3.84. The molecule has 0 saturated heterocycles. The second-order valence-corrected chi connectivity index (χ2v) is 6.45. The van der Waals surface area contributed by atoms with Gasteiger partial charge in [-0.3, -0.25) is 9.48 Å². The third-order valence-electron chi connectivity index (χ3n) is 3.74. The van der Waals surface area contributed by atoms with Crippen LogP contribution in [0.2, 0.25) is 0 Å². The first kappa shape index (κ1) is 19.9. The average Bonchev–Trinajstić information content (AvgIpc) is 3.25. The lowest BCUT2D eigenvalue weighted by atomic mass is 10.3. The van der Waals surface area contributed by atoms with Crippen molar-refractivity contribution in [3.63, 3.8) is 0 Å². The summed E-state index contributed by atoms with van der Waals surface area (Å²) in [5, 5.41) is 6.63. The number of aromatic nitrogens is 2. The first-order valence-electron chi connectivity index (χ1n) is 7.77. The van der Waals surface area contributed by atoms with Crippen LogP contribution in [0.25, 0.3) is 0 Å². The minimum absolute atomic E-state index is 0.0235. The maximum atomic E-state index is 13.6. The van der Waals surface area contributed by atoms with Crippen LogP contribution in [0.15, 0.2) is 33.3 Å². The van der Waals surface area contributed by atoms with E-state index in [1.807, 2.05) is 0 Å². The fourth-order valence-corrected chi connectivity index (χ4v) is 2.77. The number of nitrogens with one attached hydrogen (secondary N) is 1. The molecule has 0 fully saturated rings. The van der Waals surface area contributed by atoms with Crippen LogP contribution in [-0.4, -0.2) is 15.7 Å². The summed E-state index contributed by atoms with van der Waals surface area (Å²) in [5.41, 5.74) is 0.725. The van der Waals surface area contributed by atoms with E-state index in [-0.39, 0.29) is 24.1 Å². The van der Waals surface area contributed by atoms with Crippen molar-refractivity contribution in [2.24, 2.45) is 7.05 Å². The number of rotatable bonds is 6. The number of hydrogen-bond acceptors (Lipinski definition) is 4. The van der Waals surface area contributed by atoms with Crippen molar-refractivity contribution in [3.8, 4) is 5.75 Å². The highest BCUT2D eigenvalue weighted by Crippen LogP contribution is 2.27. The summed E-state index contributed by atoms with van der Waals surface area (Å²) < 4.78 is 65.8. The molecule has 3 aromatic rings. The van der Waals surface area contributed by atoms with Crippen molar-refractivity contribution in [1.82, 2.24) is 15.1 Å². The van der Waals surface area contributed by atoms with Gasteiger partial charge in [0.1, 0.15) is 12.4 Å². The van der Waals surface area contributed by atoms with Gasteiger partial charge in [0, 0.05) is 13.1 Å². The Morgan fingerprint density at radius 1 is 1.25 bits per heavy atom. The van der Waals surface area contributed by atoms with Crippen molar-refractivity contribution < 1.29 is 31.5 Å². The molecule has 28 heavy (non-hydrogen) atoms. The maximum Gasteiger partial charge on any atom is 0.287 e. The number of benzene rings is 1. The van der Waals surface area contributed by atoms with Gasteiger partial charge in [0.15, 0.2) is 23.1 Å². The zero-order valence-corrected chi connectivity index (χ0v) is 15.8. The zero-order chi connectivity index (χ0) is 20.4. The molecule has 1 aromatic carbocycles. The van der Waals surface area contributed by atoms with Crippen LogP contribution in [-0.2, 0) is 20.2 Å². The molecule has 3 rings (SSSR count). The van der Waals surface area contributed by atoms with Gasteiger partial charge in [0.05, 0.1) is 22.9 Å². The first-order valence-corrected chi connectivity index (χ1v) is 8.56. The van der Waals surface area contributed by atoms with E-state index in [1.165, 1.54) is 12.1 Å². The van der Waals surface area contributed by atoms with Crippen LogP contribution < -0.4 is 10.1 Å². The maximum absolute atomic E-state index is 13.6. The fourth-order valence-electron chi connectivity index (χ4n) is 2.28. The molecule has 6 nitrogen and oxygen atoms in total. The molecule has 0 saturated carbocycles. The third kappa shape index (κ3) is 4.03. The standard InChI is InChI=1S/C17H12BrF4N3O3/c1-25-12(9(18)5-24-25)6-23-17(26)13-3-2-8(28-13)7-27-16-14(21)10(19)4-11(20)15(16)22/h2-5H,6-7H2,1H3,(H,23,26). The normalized spacial score (nSPS) is 10.9. The number of carbonyl (C=O) groups excluding carboxylic acids is 1. The molecular formula is C17H12BrF4N3O3. The summed E-state index contributed by atoms with van der Waals surface area (Å²) in [7, 11) is 1.71. The molecule has 0 atom stereocenters. The van der Waals surface area contributed by atoms with E-state index in [0.717, 1.165) is 10.2 Å². The van der Waals surface area contributed by atoms with Crippen molar-refractivity contribution in [1.29, 1.82) is 0 Å². The Bertz CT molecular complexity index is 989. The monoisotopic (exact) mass is 461 g/mol. The average molecular weight is 462 g/mol. The number of nitrogens with zero attached hydrogens (tertiary/aromatic N) is 2. The quantitative estimate of drug-likeness (QED) is 0.447. The van der Waals surface area contributed by atoms with Gasteiger partial charge in [-0.05, 0) is 28.1 Å². The van der Waals surface area contributed by atoms with E-state index in [2.05, 4.69) is 26.3 Å². The van der Waals surface area contributed by atoms with Crippen molar-refractivity contribution in [2.75, 3.05) is 0 Å². The van der Waals surface area contributed by atoms with E-state index in [4.69, 9.17) is 9.15 Å². The van der Waals surface area contributed by atoms with Crippen LogP contribution in [0.3, 0.4) is 0 Å². The second kappa shape index (κ2) is 8.05. The zero-order valence-electron chi connectivity index (χ0n) is 14.2. The van der Waals surface area contributed by atoms with Crippen molar-refractivity contribution >= 4 is 21.8 Å². The molecule has 0 radical (unpaired) electrons. The summed E-state index contributed by atoms with van der Waals surface area (Å²) in [6.07, 6.45) is 1.58. The summed E-state index contributed by atoms with van der Waals surface area (Å²) in [5.74, 6) is -8.31.